The third-order valence-corrected chi connectivity index (χ3v) is 6.13. The van der Waals surface area contributed by atoms with Crippen LogP contribution < -0.4 is 4.74 Å². The normalized spacial score (nSPS) is 35.4. The summed E-state index contributed by atoms with van der Waals surface area (Å²) in [7, 11) is 0. The summed E-state index contributed by atoms with van der Waals surface area (Å²) in [6, 6.07) is 4.67. The highest BCUT2D eigenvalue weighted by Crippen LogP contribution is 2.48. The first-order valence-corrected chi connectivity index (χ1v) is 8.69. The van der Waals surface area contributed by atoms with E-state index in [4.69, 9.17) is 4.74 Å². The van der Waals surface area contributed by atoms with Crippen LogP contribution in [0, 0.1) is 12.8 Å². The van der Waals surface area contributed by atoms with E-state index in [0.717, 1.165) is 18.8 Å². The molecular formula is C20H30O. The fourth-order valence-electron chi connectivity index (χ4n) is 4.15. The number of rotatable bonds is 2. The van der Waals surface area contributed by atoms with E-state index in [1.165, 1.54) is 42.6 Å². The number of ether oxygens (including phenoxy) is 1. The summed E-state index contributed by atoms with van der Waals surface area (Å²) in [5.74, 6) is 2.09. The van der Waals surface area contributed by atoms with E-state index < -0.39 is 0 Å². The number of fused-ring (bicyclic) bond motifs is 1. The lowest BCUT2D eigenvalue weighted by molar-refractivity contribution is 0.111. The van der Waals surface area contributed by atoms with Gasteiger partial charge in [-0.05, 0) is 68.4 Å². The molecule has 0 aromatic heterocycles. The summed E-state index contributed by atoms with van der Waals surface area (Å²) < 4.78 is 6.37. The average Bonchev–Trinajstić information content (AvgIpc) is 2.82. The first-order valence-electron chi connectivity index (χ1n) is 8.69. The van der Waals surface area contributed by atoms with Crippen LogP contribution in [0.5, 0.6) is 5.75 Å². The number of hydrogen-bond donors (Lipinski definition) is 0. The van der Waals surface area contributed by atoms with Gasteiger partial charge in [-0.2, -0.15) is 0 Å². The van der Waals surface area contributed by atoms with Crippen molar-refractivity contribution in [3.63, 3.8) is 0 Å². The Morgan fingerprint density at radius 1 is 1.19 bits per heavy atom. The highest BCUT2D eigenvalue weighted by Gasteiger charge is 2.40. The molecule has 0 spiro atoms. The van der Waals surface area contributed by atoms with Gasteiger partial charge in [-0.1, -0.05) is 32.9 Å². The van der Waals surface area contributed by atoms with Crippen LogP contribution in [-0.2, 0) is 11.8 Å². The van der Waals surface area contributed by atoms with Gasteiger partial charge in [0.25, 0.3) is 0 Å². The topological polar surface area (TPSA) is 9.23 Å². The molecule has 1 fully saturated rings. The zero-order valence-corrected chi connectivity index (χ0v) is 14.4. The van der Waals surface area contributed by atoms with Gasteiger partial charge < -0.3 is 4.74 Å². The second-order valence-electron chi connectivity index (χ2n) is 8.06. The Balaban J connectivity index is 2.01. The standard InChI is InChI=1S/C20H30O/c1-6-20(5)13-16-17(8-7-15(3)18(16)21-20)19(4)11-9-14(2)10-12-19/h7-8,14H,6,9-13H2,1-5H3. The Hall–Kier alpha value is -0.980. The largest absolute Gasteiger partial charge is 0.487 e. The summed E-state index contributed by atoms with van der Waals surface area (Å²) in [4.78, 5) is 0. The second-order valence-corrected chi connectivity index (χ2v) is 8.06. The molecule has 1 aromatic rings. The monoisotopic (exact) mass is 286 g/mol. The molecule has 116 valence electrons. The van der Waals surface area contributed by atoms with Crippen molar-refractivity contribution >= 4 is 0 Å². The molecule has 0 saturated heterocycles. The van der Waals surface area contributed by atoms with Crippen LogP contribution in [0.25, 0.3) is 0 Å². The van der Waals surface area contributed by atoms with Crippen molar-refractivity contribution in [1.29, 1.82) is 0 Å². The molecule has 0 bridgehead atoms. The highest BCUT2D eigenvalue weighted by molar-refractivity contribution is 5.52. The van der Waals surface area contributed by atoms with Crippen LogP contribution in [0.2, 0.25) is 0 Å². The van der Waals surface area contributed by atoms with E-state index in [9.17, 15) is 0 Å². The molecule has 1 aromatic carbocycles. The lowest BCUT2D eigenvalue weighted by Crippen LogP contribution is -2.31. The SMILES string of the molecule is CCC1(C)Cc2c(C3(C)CCC(C)CC3)ccc(C)c2O1. The molecular weight excluding hydrogens is 256 g/mol. The van der Waals surface area contributed by atoms with Crippen molar-refractivity contribution in [1.82, 2.24) is 0 Å². The molecule has 0 N–H and O–H groups in total. The molecule has 0 radical (unpaired) electrons. The Morgan fingerprint density at radius 2 is 1.86 bits per heavy atom. The van der Waals surface area contributed by atoms with Crippen LogP contribution in [-0.4, -0.2) is 5.60 Å². The first kappa shape index (κ1) is 14.9. The molecule has 1 heteroatoms. The molecule has 2 aliphatic rings. The van der Waals surface area contributed by atoms with Crippen LogP contribution in [0.3, 0.4) is 0 Å². The number of hydrogen-bond acceptors (Lipinski definition) is 1. The van der Waals surface area contributed by atoms with Gasteiger partial charge in [0.15, 0.2) is 0 Å². The fraction of sp³-hybridized carbons (Fsp3) is 0.700. The van der Waals surface area contributed by atoms with E-state index in [0.29, 0.717) is 5.41 Å². The van der Waals surface area contributed by atoms with Crippen LogP contribution in [0.15, 0.2) is 12.1 Å². The summed E-state index contributed by atoms with van der Waals surface area (Å²) in [5, 5.41) is 0. The van der Waals surface area contributed by atoms with Crippen molar-refractivity contribution in [2.75, 3.05) is 0 Å². The Bertz CT molecular complexity index is 537. The molecule has 1 saturated carbocycles. The van der Waals surface area contributed by atoms with Gasteiger partial charge in [-0.3, -0.25) is 0 Å². The molecule has 1 unspecified atom stereocenters. The van der Waals surface area contributed by atoms with Crippen molar-refractivity contribution in [2.24, 2.45) is 5.92 Å². The van der Waals surface area contributed by atoms with Gasteiger partial charge in [0.05, 0.1) is 0 Å². The van der Waals surface area contributed by atoms with Crippen LogP contribution in [0.1, 0.15) is 76.5 Å². The Kier molecular flexibility index (Phi) is 3.58. The minimum Gasteiger partial charge on any atom is -0.487 e. The van der Waals surface area contributed by atoms with E-state index in [2.05, 4.69) is 46.8 Å². The van der Waals surface area contributed by atoms with Crippen molar-refractivity contribution in [3.8, 4) is 5.75 Å². The van der Waals surface area contributed by atoms with E-state index >= 15 is 0 Å². The second kappa shape index (κ2) is 5.04. The minimum atomic E-state index is 0.00150. The Morgan fingerprint density at radius 3 is 2.48 bits per heavy atom. The van der Waals surface area contributed by atoms with Gasteiger partial charge in [0.1, 0.15) is 11.4 Å². The lowest BCUT2D eigenvalue weighted by atomic mass is 9.66. The van der Waals surface area contributed by atoms with Gasteiger partial charge in [-0.15, -0.1) is 0 Å². The number of benzene rings is 1. The molecule has 1 nitrogen and oxygen atoms in total. The minimum absolute atomic E-state index is 0.00150. The zero-order valence-electron chi connectivity index (χ0n) is 14.4. The molecule has 1 atom stereocenters. The third kappa shape index (κ3) is 2.49. The highest BCUT2D eigenvalue weighted by atomic mass is 16.5. The van der Waals surface area contributed by atoms with Crippen molar-refractivity contribution < 1.29 is 4.74 Å². The van der Waals surface area contributed by atoms with Gasteiger partial charge >= 0.3 is 0 Å². The maximum Gasteiger partial charge on any atom is 0.126 e. The predicted octanol–water partition coefficient (Wildman–Crippen LogP) is 5.57. The molecule has 0 amide bonds. The van der Waals surface area contributed by atoms with Gasteiger partial charge in [0, 0.05) is 12.0 Å². The Labute approximate surface area is 130 Å². The number of aryl methyl sites for hydroxylation is 1. The van der Waals surface area contributed by atoms with Gasteiger partial charge in [-0.25, -0.2) is 0 Å². The third-order valence-electron chi connectivity index (χ3n) is 6.13. The van der Waals surface area contributed by atoms with Crippen LogP contribution >= 0.6 is 0 Å². The summed E-state index contributed by atoms with van der Waals surface area (Å²) in [6.45, 7) is 11.6. The zero-order chi connectivity index (χ0) is 15.3. The maximum absolute atomic E-state index is 6.37. The summed E-state index contributed by atoms with van der Waals surface area (Å²) >= 11 is 0. The quantitative estimate of drug-likeness (QED) is 0.691. The summed E-state index contributed by atoms with van der Waals surface area (Å²) in [5.41, 5.74) is 4.75. The van der Waals surface area contributed by atoms with Gasteiger partial charge in [0.2, 0.25) is 0 Å². The molecule has 1 aliphatic heterocycles. The van der Waals surface area contributed by atoms with E-state index in [-0.39, 0.29) is 5.60 Å². The van der Waals surface area contributed by atoms with Crippen molar-refractivity contribution in [2.45, 2.75) is 84.2 Å². The summed E-state index contributed by atoms with van der Waals surface area (Å²) in [6.07, 6.45) is 7.55. The van der Waals surface area contributed by atoms with E-state index in [1.807, 2.05) is 0 Å². The van der Waals surface area contributed by atoms with Crippen molar-refractivity contribution in [3.05, 3.63) is 28.8 Å². The fourth-order valence-corrected chi connectivity index (χ4v) is 4.15. The smallest absolute Gasteiger partial charge is 0.126 e. The first-order chi connectivity index (χ1) is 9.87. The van der Waals surface area contributed by atoms with E-state index in [1.54, 1.807) is 5.56 Å². The average molecular weight is 286 g/mol. The predicted molar refractivity (Wildman–Crippen MR) is 89.2 cm³/mol. The molecule has 1 heterocycles. The molecule has 1 aliphatic carbocycles. The lowest BCUT2D eigenvalue weighted by Gasteiger charge is -2.38. The molecule has 21 heavy (non-hydrogen) atoms. The molecule has 3 rings (SSSR count). The maximum atomic E-state index is 6.37. The van der Waals surface area contributed by atoms with Crippen LogP contribution in [0.4, 0.5) is 0 Å².